The summed E-state index contributed by atoms with van der Waals surface area (Å²) in [4.78, 5) is 0. The molecule has 0 aliphatic carbocycles. The van der Waals surface area contributed by atoms with Crippen molar-refractivity contribution >= 4 is 22.6 Å². The summed E-state index contributed by atoms with van der Waals surface area (Å²) >= 11 is 2.40. The molecule has 3 heteroatoms. The Bertz CT molecular complexity index is 542. The van der Waals surface area contributed by atoms with Gasteiger partial charge in [-0.2, -0.15) is 0 Å². The van der Waals surface area contributed by atoms with Gasteiger partial charge in [-0.05, 0) is 71.2 Å². The van der Waals surface area contributed by atoms with Gasteiger partial charge < -0.3 is 0 Å². The van der Waals surface area contributed by atoms with E-state index in [2.05, 4.69) is 85.2 Å². The number of nitrogens with two attached hydrogens (primary N) is 1. The largest absolute Gasteiger partial charge is 0.271 e. The van der Waals surface area contributed by atoms with Crippen LogP contribution in [0.5, 0.6) is 0 Å². The average Bonchev–Trinajstić information content (AvgIpc) is 2.40. The van der Waals surface area contributed by atoms with E-state index < -0.39 is 0 Å². The van der Waals surface area contributed by atoms with Crippen LogP contribution in [0.4, 0.5) is 0 Å². The number of benzene rings is 2. The summed E-state index contributed by atoms with van der Waals surface area (Å²) in [5, 5.41) is 0. The summed E-state index contributed by atoms with van der Waals surface area (Å²) in [7, 11) is 0. The Balaban J connectivity index is 2.57. The van der Waals surface area contributed by atoms with Crippen LogP contribution in [0, 0.1) is 24.3 Å². The van der Waals surface area contributed by atoms with Gasteiger partial charge >= 0.3 is 0 Å². The lowest BCUT2D eigenvalue weighted by Crippen LogP contribution is -2.30. The number of hydrogen-bond acceptors (Lipinski definition) is 2. The average molecular weight is 366 g/mol. The Hall–Kier alpha value is -0.910. The van der Waals surface area contributed by atoms with Crippen molar-refractivity contribution in [2.24, 2.45) is 5.84 Å². The van der Waals surface area contributed by atoms with Crippen molar-refractivity contribution in [3.63, 3.8) is 0 Å². The van der Waals surface area contributed by atoms with Crippen molar-refractivity contribution in [3.05, 3.63) is 67.8 Å². The van der Waals surface area contributed by atoms with Gasteiger partial charge in [-0.1, -0.05) is 36.4 Å². The summed E-state index contributed by atoms with van der Waals surface area (Å²) < 4.78 is 1.27. The molecule has 2 nitrogen and oxygen atoms in total. The lowest BCUT2D eigenvalue weighted by atomic mass is 9.92. The summed E-state index contributed by atoms with van der Waals surface area (Å²) in [5.41, 5.74) is 9.31. The van der Waals surface area contributed by atoms with Gasteiger partial charge in [-0.15, -0.1) is 0 Å². The minimum atomic E-state index is 0.0340. The highest BCUT2D eigenvalue weighted by atomic mass is 127. The summed E-state index contributed by atoms with van der Waals surface area (Å²) in [5.74, 6) is 5.82. The molecule has 0 aliphatic rings. The smallest absolute Gasteiger partial charge is 0.0723 e. The molecule has 2 rings (SSSR count). The molecule has 3 N–H and O–H groups in total. The predicted octanol–water partition coefficient (Wildman–Crippen LogP) is 3.77. The van der Waals surface area contributed by atoms with Crippen LogP contribution in [-0.2, 0) is 0 Å². The van der Waals surface area contributed by atoms with Crippen LogP contribution >= 0.6 is 22.6 Å². The highest BCUT2D eigenvalue weighted by Gasteiger charge is 2.18. The number of halogens is 1. The molecule has 2 aromatic rings. The van der Waals surface area contributed by atoms with Crippen molar-refractivity contribution in [1.29, 1.82) is 0 Å². The summed E-state index contributed by atoms with van der Waals surface area (Å²) in [6.07, 6.45) is 0. The minimum Gasteiger partial charge on any atom is -0.271 e. The maximum Gasteiger partial charge on any atom is 0.0723 e. The van der Waals surface area contributed by atoms with E-state index in [1.165, 1.54) is 31.4 Å². The third-order valence-electron chi connectivity index (χ3n) is 3.66. The molecule has 1 atom stereocenters. The molecule has 0 heterocycles. The van der Waals surface area contributed by atoms with Crippen LogP contribution in [0.1, 0.15) is 33.9 Å². The van der Waals surface area contributed by atoms with Gasteiger partial charge in [-0.25, -0.2) is 5.43 Å². The monoisotopic (exact) mass is 366 g/mol. The van der Waals surface area contributed by atoms with E-state index in [0.29, 0.717) is 0 Å². The Kier molecular flexibility index (Phi) is 4.60. The van der Waals surface area contributed by atoms with E-state index in [1.807, 2.05) is 0 Å². The second-order valence-electron chi connectivity index (χ2n) is 4.87. The summed E-state index contributed by atoms with van der Waals surface area (Å²) in [6, 6.07) is 12.8. The Morgan fingerprint density at radius 3 is 2.16 bits per heavy atom. The lowest BCUT2D eigenvalue weighted by Gasteiger charge is -2.22. The predicted molar refractivity (Wildman–Crippen MR) is 89.0 cm³/mol. The number of nitrogens with one attached hydrogen (secondary N) is 1. The molecule has 0 fully saturated rings. The van der Waals surface area contributed by atoms with Gasteiger partial charge in [-0.3, -0.25) is 5.84 Å². The molecule has 0 saturated carbocycles. The van der Waals surface area contributed by atoms with E-state index >= 15 is 0 Å². The topological polar surface area (TPSA) is 38.0 Å². The highest BCUT2D eigenvalue weighted by molar-refractivity contribution is 14.1. The second kappa shape index (κ2) is 6.03. The molecule has 2 aromatic carbocycles. The highest BCUT2D eigenvalue weighted by Crippen LogP contribution is 2.30. The van der Waals surface area contributed by atoms with Crippen molar-refractivity contribution in [1.82, 2.24) is 5.43 Å². The molecular formula is C16H19IN2. The first-order valence-electron chi connectivity index (χ1n) is 6.33. The van der Waals surface area contributed by atoms with Crippen LogP contribution in [0.3, 0.4) is 0 Å². The molecular weight excluding hydrogens is 347 g/mol. The summed E-state index contributed by atoms with van der Waals surface area (Å²) in [6.45, 7) is 6.41. The van der Waals surface area contributed by atoms with E-state index in [4.69, 9.17) is 5.84 Å². The van der Waals surface area contributed by atoms with Gasteiger partial charge in [0.15, 0.2) is 0 Å². The molecule has 0 aromatic heterocycles. The quantitative estimate of drug-likeness (QED) is 0.493. The lowest BCUT2D eigenvalue weighted by molar-refractivity contribution is 0.630. The van der Waals surface area contributed by atoms with E-state index in [-0.39, 0.29) is 6.04 Å². The van der Waals surface area contributed by atoms with Gasteiger partial charge in [0, 0.05) is 3.57 Å². The zero-order valence-corrected chi connectivity index (χ0v) is 13.7. The first-order valence-corrected chi connectivity index (χ1v) is 7.41. The number of rotatable bonds is 3. The normalized spacial score (nSPS) is 12.5. The van der Waals surface area contributed by atoms with Crippen molar-refractivity contribution in [3.8, 4) is 0 Å². The molecule has 0 bridgehead atoms. The van der Waals surface area contributed by atoms with E-state index in [1.54, 1.807) is 0 Å². The fourth-order valence-electron chi connectivity index (χ4n) is 2.33. The van der Waals surface area contributed by atoms with Crippen LogP contribution < -0.4 is 11.3 Å². The van der Waals surface area contributed by atoms with E-state index in [0.717, 1.165) is 0 Å². The standard InChI is InChI=1S/C16H19IN2/c1-10-6-4-8-13(12(10)3)16(19-18)14-9-5-7-11(2)15(14)17/h4-9,16,19H,18H2,1-3H3. The molecule has 0 saturated heterocycles. The van der Waals surface area contributed by atoms with Gasteiger partial charge in [0.1, 0.15) is 0 Å². The second-order valence-corrected chi connectivity index (χ2v) is 5.95. The zero-order chi connectivity index (χ0) is 14.0. The van der Waals surface area contributed by atoms with Crippen molar-refractivity contribution in [2.75, 3.05) is 0 Å². The third kappa shape index (κ3) is 2.83. The number of hydrogen-bond donors (Lipinski definition) is 2. The van der Waals surface area contributed by atoms with Gasteiger partial charge in [0.25, 0.3) is 0 Å². The Morgan fingerprint density at radius 2 is 1.53 bits per heavy atom. The van der Waals surface area contributed by atoms with Gasteiger partial charge in [0.05, 0.1) is 6.04 Å². The zero-order valence-electron chi connectivity index (χ0n) is 11.5. The fourth-order valence-corrected chi connectivity index (χ4v) is 3.00. The maximum atomic E-state index is 5.82. The van der Waals surface area contributed by atoms with Crippen molar-refractivity contribution < 1.29 is 0 Å². The Labute approximate surface area is 128 Å². The van der Waals surface area contributed by atoms with Crippen LogP contribution in [-0.4, -0.2) is 0 Å². The first kappa shape index (κ1) is 14.5. The maximum absolute atomic E-state index is 5.82. The van der Waals surface area contributed by atoms with Crippen LogP contribution in [0.15, 0.2) is 36.4 Å². The van der Waals surface area contributed by atoms with E-state index in [9.17, 15) is 0 Å². The molecule has 0 amide bonds. The fraction of sp³-hybridized carbons (Fsp3) is 0.250. The molecule has 19 heavy (non-hydrogen) atoms. The SMILES string of the molecule is Cc1cccc(C(NN)c2cccc(C)c2I)c1C. The van der Waals surface area contributed by atoms with Gasteiger partial charge in [0.2, 0.25) is 0 Å². The Morgan fingerprint density at radius 1 is 0.947 bits per heavy atom. The third-order valence-corrected chi connectivity index (χ3v) is 5.13. The molecule has 0 spiro atoms. The molecule has 0 radical (unpaired) electrons. The first-order chi connectivity index (χ1) is 9.06. The van der Waals surface area contributed by atoms with Crippen LogP contribution in [0.2, 0.25) is 0 Å². The minimum absolute atomic E-state index is 0.0340. The van der Waals surface area contributed by atoms with Crippen LogP contribution in [0.25, 0.3) is 0 Å². The number of hydrazine groups is 1. The number of aryl methyl sites for hydroxylation is 2. The molecule has 1 unspecified atom stereocenters. The molecule has 0 aliphatic heterocycles. The van der Waals surface area contributed by atoms with Crippen molar-refractivity contribution in [2.45, 2.75) is 26.8 Å². The molecule has 100 valence electrons.